The fourth-order valence-electron chi connectivity index (χ4n) is 1.75. The second-order valence-electron chi connectivity index (χ2n) is 4.52. The zero-order valence-electron chi connectivity index (χ0n) is 9.26. The molecule has 0 fully saturated rings. The van der Waals surface area contributed by atoms with Crippen LogP contribution in [0.25, 0.3) is 0 Å². The van der Waals surface area contributed by atoms with Crippen LogP contribution in [-0.4, -0.2) is 35.7 Å². The summed E-state index contributed by atoms with van der Waals surface area (Å²) in [6.07, 6.45) is 0. The van der Waals surface area contributed by atoms with Crippen molar-refractivity contribution >= 4 is 11.5 Å². The second kappa shape index (κ2) is 3.49. The molecule has 0 bridgehead atoms. The van der Waals surface area contributed by atoms with Crippen LogP contribution in [0, 0.1) is 0 Å². The number of likely N-dealkylation sites (N-methyl/N-ethyl adjacent to an activating group) is 1. The number of aromatic nitrogens is 2. The lowest BCUT2D eigenvalue weighted by atomic mass is 9.88. The van der Waals surface area contributed by atoms with E-state index in [2.05, 4.69) is 28.9 Å². The van der Waals surface area contributed by atoms with Gasteiger partial charge in [-0.3, -0.25) is 5.10 Å². The van der Waals surface area contributed by atoms with E-state index in [0.29, 0.717) is 11.5 Å². The maximum atomic E-state index is 5.83. The van der Waals surface area contributed by atoms with Crippen molar-refractivity contribution in [1.29, 1.82) is 0 Å². The molecule has 0 spiro atoms. The van der Waals surface area contributed by atoms with Crippen molar-refractivity contribution in [2.45, 2.75) is 19.3 Å². The Morgan fingerprint density at radius 1 is 1.36 bits per heavy atom. The number of aromatic amines is 1. The molecule has 0 unspecified atom stereocenters. The lowest BCUT2D eigenvalue weighted by molar-refractivity contribution is 0.311. The van der Waals surface area contributed by atoms with Crippen molar-refractivity contribution in [2.24, 2.45) is 0 Å². The molecule has 0 aromatic carbocycles. The normalized spacial score (nSPS) is 12.4. The van der Waals surface area contributed by atoms with Gasteiger partial charge in [0.15, 0.2) is 0 Å². The third kappa shape index (κ3) is 1.98. The molecule has 1 aromatic rings. The van der Waals surface area contributed by atoms with Crippen LogP contribution < -0.4 is 11.5 Å². The predicted octanol–water partition coefficient (Wildman–Crippen LogP) is 0.413. The Kier molecular flexibility index (Phi) is 2.71. The minimum absolute atomic E-state index is 0.0955. The summed E-state index contributed by atoms with van der Waals surface area (Å²) in [5.41, 5.74) is 12.7. The Hall–Kier alpha value is -1.23. The van der Waals surface area contributed by atoms with Crippen molar-refractivity contribution in [1.82, 2.24) is 15.1 Å². The summed E-state index contributed by atoms with van der Waals surface area (Å²) >= 11 is 0. The van der Waals surface area contributed by atoms with Crippen LogP contribution in [0.4, 0.5) is 11.5 Å². The molecule has 0 aliphatic heterocycles. The molecule has 1 rings (SSSR count). The Balaban J connectivity index is 2.97. The van der Waals surface area contributed by atoms with Crippen LogP contribution in [-0.2, 0) is 5.41 Å². The van der Waals surface area contributed by atoms with Crippen molar-refractivity contribution in [3.05, 3.63) is 5.69 Å². The monoisotopic (exact) mass is 197 g/mol. The van der Waals surface area contributed by atoms with Crippen LogP contribution in [0.1, 0.15) is 19.5 Å². The maximum absolute atomic E-state index is 5.83. The highest BCUT2D eigenvalue weighted by Crippen LogP contribution is 2.29. The zero-order chi connectivity index (χ0) is 10.9. The Bertz CT molecular complexity index is 313. The van der Waals surface area contributed by atoms with E-state index in [1.165, 1.54) is 0 Å². The van der Waals surface area contributed by atoms with Gasteiger partial charge in [0.1, 0.15) is 5.82 Å². The van der Waals surface area contributed by atoms with E-state index < -0.39 is 0 Å². The first-order chi connectivity index (χ1) is 6.34. The SMILES string of the molecule is CN(C)CC(C)(C)c1n[nH]c(N)c1N. The molecule has 0 saturated carbocycles. The van der Waals surface area contributed by atoms with Gasteiger partial charge in [0.05, 0.1) is 11.4 Å². The largest absolute Gasteiger partial charge is 0.394 e. The van der Waals surface area contributed by atoms with Crippen LogP contribution in [0.2, 0.25) is 0 Å². The van der Waals surface area contributed by atoms with Crippen molar-refractivity contribution in [2.75, 3.05) is 32.1 Å². The molecule has 5 N–H and O–H groups in total. The smallest absolute Gasteiger partial charge is 0.142 e. The highest BCUT2D eigenvalue weighted by molar-refractivity contribution is 5.63. The number of nitrogens with zero attached hydrogens (tertiary/aromatic N) is 2. The number of nitrogens with two attached hydrogens (primary N) is 2. The highest BCUT2D eigenvalue weighted by Gasteiger charge is 2.27. The number of nitrogens with one attached hydrogen (secondary N) is 1. The van der Waals surface area contributed by atoms with Gasteiger partial charge >= 0.3 is 0 Å². The molecular weight excluding hydrogens is 178 g/mol. The average Bonchev–Trinajstić information content (AvgIpc) is 2.30. The molecule has 0 amide bonds. The van der Waals surface area contributed by atoms with Crippen molar-refractivity contribution in [3.8, 4) is 0 Å². The van der Waals surface area contributed by atoms with Crippen LogP contribution in [0.3, 0.4) is 0 Å². The summed E-state index contributed by atoms with van der Waals surface area (Å²) in [5, 5.41) is 6.84. The van der Waals surface area contributed by atoms with Crippen molar-refractivity contribution in [3.63, 3.8) is 0 Å². The summed E-state index contributed by atoms with van der Waals surface area (Å²) in [7, 11) is 4.04. The summed E-state index contributed by atoms with van der Waals surface area (Å²) in [6, 6.07) is 0. The zero-order valence-corrected chi connectivity index (χ0v) is 9.26. The van der Waals surface area contributed by atoms with Gasteiger partial charge in [-0.2, -0.15) is 5.10 Å². The van der Waals surface area contributed by atoms with Crippen LogP contribution >= 0.6 is 0 Å². The summed E-state index contributed by atoms with van der Waals surface area (Å²) in [4.78, 5) is 2.10. The van der Waals surface area contributed by atoms with E-state index in [1.54, 1.807) is 0 Å². The van der Waals surface area contributed by atoms with E-state index in [9.17, 15) is 0 Å². The van der Waals surface area contributed by atoms with E-state index in [4.69, 9.17) is 11.5 Å². The quantitative estimate of drug-likeness (QED) is 0.655. The molecule has 14 heavy (non-hydrogen) atoms. The second-order valence-corrected chi connectivity index (χ2v) is 4.52. The first-order valence-corrected chi connectivity index (χ1v) is 4.59. The van der Waals surface area contributed by atoms with Gasteiger partial charge in [0.25, 0.3) is 0 Å². The molecule has 5 nitrogen and oxygen atoms in total. The first-order valence-electron chi connectivity index (χ1n) is 4.59. The lowest BCUT2D eigenvalue weighted by Crippen LogP contribution is -2.33. The van der Waals surface area contributed by atoms with E-state index >= 15 is 0 Å². The fourth-order valence-corrected chi connectivity index (χ4v) is 1.75. The van der Waals surface area contributed by atoms with Crippen LogP contribution in [0.5, 0.6) is 0 Å². The maximum Gasteiger partial charge on any atom is 0.142 e. The molecule has 1 heterocycles. The third-order valence-corrected chi connectivity index (χ3v) is 2.19. The van der Waals surface area contributed by atoms with Gasteiger partial charge < -0.3 is 16.4 Å². The topological polar surface area (TPSA) is 84.0 Å². The molecule has 80 valence electrons. The summed E-state index contributed by atoms with van der Waals surface area (Å²) in [6.45, 7) is 5.07. The standard InChI is InChI=1S/C9H19N5/c1-9(2,5-14(3)4)7-6(10)8(11)13-12-7/h5,10H2,1-4H3,(H3,11,12,13). The predicted molar refractivity (Wildman–Crippen MR) is 59.0 cm³/mol. The Morgan fingerprint density at radius 2 is 1.93 bits per heavy atom. The van der Waals surface area contributed by atoms with Gasteiger partial charge in [-0.25, -0.2) is 0 Å². The number of H-pyrrole nitrogens is 1. The number of anilines is 2. The summed E-state index contributed by atoms with van der Waals surface area (Å²) < 4.78 is 0. The van der Waals surface area contributed by atoms with Gasteiger partial charge in [-0.1, -0.05) is 13.8 Å². The Labute approximate surface area is 84.5 Å². The number of hydrogen-bond donors (Lipinski definition) is 3. The number of hydrogen-bond acceptors (Lipinski definition) is 4. The lowest BCUT2D eigenvalue weighted by Gasteiger charge is -2.26. The molecule has 5 heteroatoms. The molecule has 0 aliphatic carbocycles. The summed E-state index contributed by atoms with van der Waals surface area (Å²) in [5.74, 6) is 0.451. The number of nitrogen functional groups attached to an aromatic ring is 2. The number of rotatable bonds is 3. The Morgan fingerprint density at radius 3 is 2.29 bits per heavy atom. The molecule has 0 radical (unpaired) electrons. The highest BCUT2D eigenvalue weighted by atomic mass is 15.2. The minimum Gasteiger partial charge on any atom is -0.394 e. The van der Waals surface area contributed by atoms with Gasteiger partial charge in [0, 0.05) is 12.0 Å². The van der Waals surface area contributed by atoms with Crippen LogP contribution in [0.15, 0.2) is 0 Å². The van der Waals surface area contributed by atoms with Gasteiger partial charge in [0.2, 0.25) is 0 Å². The van der Waals surface area contributed by atoms with Gasteiger partial charge in [-0.15, -0.1) is 0 Å². The molecular formula is C9H19N5. The van der Waals surface area contributed by atoms with E-state index in [0.717, 1.165) is 12.2 Å². The van der Waals surface area contributed by atoms with Gasteiger partial charge in [-0.05, 0) is 14.1 Å². The minimum atomic E-state index is -0.0955. The first kappa shape index (κ1) is 10.8. The average molecular weight is 197 g/mol. The molecule has 0 aliphatic rings. The fraction of sp³-hybridized carbons (Fsp3) is 0.667. The molecule has 0 saturated heterocycles. The van der Waals surface area contributed by atoms with Crippen molar-refractivity contribution < 1.29 is 0 Å². The van der Waals surface area contributed by atoms with E-state index in [-0.39, 0.29) is 5.41 Å². The molecule has 0 atom stereocenters. The molecule has 1 aromatic heterocycles. The third-order valence-electron chi connectivity index (χ3n) is 2.19. The van der Waals surface area contributed by atoms with E-state index in [1.807, 2.05) is 14.1 Å².